The highest BCUT2D eigenvalue weighted by atomic mass is 16.6. The van der Waals surface area contributed by atoms with Gasteiger partial charge in [-0.25, -0.2) is 9.69 Å². The van der Waals surface area contributed by atoms with Crippen molar-refractivity contribution >= 4 is 17.5 Å². The van der Waals surface area contributed by atoms with Crippen LogP contribution in [0.15, 0.2) is 66.7 Å². The normalized spacial score (nSPS) is 11.8. The van der Waals surface area contributed by atoms with Gasteiger partial charge < -0.3 is 9.47 Å². The molecule has 4 heteroatoms. The average molecular weight is 446 g/mol. The van der Waals surface area contributed by atoms with Crippen molar-refractivity contribution in [3.63, 3.8) is 0 Å². The molecule has 0 spiro atoms. The minimum Gasteiger partial charge on any atom is -0.457 e. The van der Waals surface area contributed by atoms with Crippen LogP contribution in [0, 0.1) is 13.8 Å². The topological polar surface area (TPSA) is 38.8 Å². The second kappa shape index (κ2) is 9.30. The summed E-state index contributed by atoms with van der Waals surface area (Å²) >= 11 is 0. The fourth-order valence-electron chi connectivity index (χ4n) is 3.51. The van der Waals surface area contributed by atoms with E-state index in [1.54, 1.807) is 4.90 Å². The molecule has 0 saturated heterocycles. The first-order chi connectivity index (χ1) is 15.3. The highest BCUT2D eigenvalue weighted by molar-refractivity contribution is 5.97. The summed E-state index contributed by atoms with van der Waals surface area (Å²) in [6.07, 6.45) is -0.414. The van der Waals surface area contributed by atoms with E-state index in [1.165, 1.54) is 5.56 Å². The van der Waals surface area contributed by atoms with Crippen LogP contribution in [0.5, 0.6) is 11.5 Å². The van der Waals surface area contributed by atoms with Gasteiger partial charge in [0, 0.05) is 0 Å². The smallest absolute Gasteiger partial charge is 0.419 e. The Morgan fingerprint density at radius 3 is 2.06 bits per heavy atom. The lowest BCUT2D eigenvalue weighted by molar-refractivity contribution is 0.0599. The fraction of sp³-hybridized carbons (Fsp3) is 0.345. The van der Waals surface area contributed by atoms with Crippen molar-refractivity contribution in [1.82, 2.24) is 0 Å². The highest BCUT2D eigenvalue weighted by Gasteiger charge is 2.26. The van der Waals surface area contributed by atoms with E-state index in [2.05, 4.69) is 32.9 Å². The second-order valence-electron chi connectivity index (χ2n) is 10.4. The number of hydrogen-bond donors (Lipinski definition) is 0. The summed E-state index contributed by atoms with van der Waals surface area (Å²) < 4.78 is 12.0. The second-order valence-corrected chi connectivity index (χ2v) is 10.4. The van der Waals surface area contributed by atoms with Crippen molar-refractivity contribution in [2.75, 3.05) is 4.90 Å². The van der Waals surface area contributed by atoms with E-state index < -0.39 is 11.7 Å². The third-order valence-corrected chi connectivity index (χ3v) is 5.25. The zero-order valence-corrected chi connectivity index (χ0v) is 21.0. The molecule has 3 aromatic carbocycles. The molecule has 0 unspecified atom stereocenters. The molecule has 3 aromatic rings. The van der Waals surface area contributed by atoms with Crippen molar-refractivity contribution in [3.8, 4) is 11.5 Å². The van der Waals surface area contributed by atoms with Gasteiger partial charge >= 0.3 is 6.09 Å². The Morgan fingerprint density at radius 2 is 1.45 bits per heavy atom. The lowest BCUT2D eigenvalue weighted by atomic mass is 9.87. The summed E-state index contributed by atoms with van der Waals surface area (Å²) in [6.45, 7) is 16.1. The Labute approximate surface area is 198 Å². The third kappa shape index (κ3) is 6.16. The Hall–Kier alpha value is -3.27. The molecular weight excluding hydrogens is 410 g/mol. The van der Waals surface area contributed by atoms with E-state index >= 15 is 0 Å². The first-order valence-electron chi connectivity index (χ1n) is 11.3. The molecule has 0 saturated carbocycles. The maximum Gasteiger partial charge on any atom is 0.419 e. The standard InChI is InChI=1S/C29H35NO3/c1-20-18-26(32-24-16-12-13-22(19-24)28(3,4)5)21(2)17-25(20)30(23-14-10-9-11-15-23)27(31)33-29(6,7)8/h9-19H,1-8H3. The molecule has 0 aliphatic heterocycles. The van der Waals surface area contributed by atoms with Crippen LogP contribution in [-0.4, -0.2) is 11.7 Å². The maximum atomic E-state index is 13.2. The zero-order valence-electron chi connectivity index (χ0n) is 21.0. The summed E-state index contributed by atoms with van der Waals surface area (Å²) in [5.74, 6) is 1.56. The Morgan fingerprint density at radius 1 is 0.788 bits per heavy atom. The fourth-order valence-corrected chi connectivity index (χ4v) is 3.51. The number of aryl methyl sites for hydroxylation is 2. The van der Waals surface area contributed by atoms with Crippen LogP contribution >= 0.6 is 0 Å². The molecule has 0 fully saturated rings. The molecule has 0 aromatic heterocycles. The predicted octanol–water partition coefficient (Wildman–Crippen LogP) is 8.47. The first kappa shape index (κ1) is 24.4. The first-order valence-corrected chi connectivity index (χ1v) is 11.3. The summed E-state index contributed by atoms with van der Waals surface area (Å²) in [4.78, 5) is 14.8. The molecule has 33 heavy (non-hydrogen) atoms. The van der Waals surface area contributed by atoms with Crippen LogP contribution in [0.1, 0.15) is 58.2 Å². The van der Waals surface area contributed by atoms with Crippen LogP contribution in [0.2, 0.25) is 0 Å². The van der Waals surface area contributed by atoms with Crippen molar-refractivity contribution in [3.05, 3.63) is 83.4 Å². The number of rotatable bonds is 4. The Bertz CT molecular complexity index is 1120. The Kier molecular flexibility index (Phi) is 6.87. The van der Waals surface area contributed by atoms with Gasteiger partial charge in [0.15, 0.2) is 0 Å². The van der Waals surface area contributed by atoms with E-state index in [1.807, 2.05) is 89.2 Å². The van der Waals surface area contributed by atoms with Crippen molar-refractivity contribution in [1.29, 1.82) is 0 Å². The lowest BCUT2D eigenvalue weighted by Gasteiger charge is -2.29. The zero-order chi connectivity index (χ0) is 24.4. The molecule has 4 nitrogen and oxygen atoms in total. The van der Waals surface area contributed by atoms with Crippen LogP contribution < -0.4 is 9.64 Å². The molecule has 0 N–H and O–H groups in total. The number of ether oxygens (including phenoxy) is 2. The molecule has 0 aliphatic carbocycles. The molecule has 0 atom stereocenters. The molecule has 0 bridgehead atoms. The van der Waals surface area contributed by atoms with Gasteiger partial charge in [-0.15, -0.1) is 0 Å². The van der Waals surface area contributed by atoms with Gasteiger partial charge in [0.2, 0.25) is 0 Å². The van der Waals surface area contributed by atoms with E-state index in [-0.39, 0.29) is 5.41 Å². The monoisotopic (exact) mass is 445 g/mol. The SMILES string of the molecule is Cc1cc(N(C(=O)OC(C)(C)C)c2ccccc2)c(C)cc1Oc1cccc(C(C)(C)C)c1. The maximum absolute atomic E-state index is 13.2. The third-order valence-electron chi connectivity index (χ3n) is 5.25. The minimum atomic E-state index is -0.603. The van der Waals surface area contributed by atoms with Crippen LogP contribution in [-0.2, 0) is 10.2 Å². The largest absolute Gasteiger partial charge is 0.457 e. The molecule has 0 aliphatic rings. The molecule has 174 valence electrons. The van der Waals surface area contributed by atoms with Gasteiger partial charge in [-0.1, -0.05) is 51.1 Å². The number of hydrogen-bond acceptors (Lipinski definition) is 3. The van der Waals surface area contributed by atoms with Gasteiger partial charge in [-0.05, 0) is 93.1 Å². The molecule has 0 radical (unpaired) electrons. The van der Waals surface area contributed by atoms with Gasteiger partial charge in [-0.2, -0.15) is 0 Å². The minimum absolute atomic E-state index is 0.0395. The number of benzene rings is 3. The van der Waals surface area contributed by atoms with Crippen molar-refractivity contribution in [2.45, 2.75) is 66.4 Å². The van der Waals surface area contributed by atoms with Gasteiger partial charge in [0.05, 0.1) is 11.4 Å². The number of carbonyl (C=O) groups excluding carboxylic acids is 1. The number of nitrogens with zero attached hydrogens (tertiary/aromatic N) is 1. The van der Waals surface area contributed by atoms with E-state index in [4.69, 9.17) is 9.47 Å². The van der Waals surface area contributed by atoms with Crippen molar-refractivity contribution in [2.24, 2.45) is 0 Å². The van der Waals surface area contributed by atoms with Gasteiger partial charge in [-0.3, -0.25) is 0 Å². The predicted molar refractivity (Wildman–Crippen MR) is 136 cm³/mol. The van der Waals surface area contributed by atoms with Crippen LogP contribution in [0.4, 0.5) is 16.2 Å². The molecule has 1 amide bonds. The van der Waals surface area contributed by atoms with E-state index in [0.717, 1.165) is 34.0 Å². The molecular formula is C29H35NO3. The average Bonchev–Trinajstić information content (AvgIpc) is 2.71. The van der Waals surface area contributed by atoms with Gasteiger partial charge in [0.1, 0.15) is 17.1 Å². The number of amides is 1. The quantitative estimate of drug-likeness (QED) is 0.404. The van der Waals surface area contributed by atoms with Crippen LogP contribution in [0.25, 0.3) is 0 Å². The van der Waals surface area contributed by atoms with Crippen LogP contribution in [0.3, 0.4) is 0 Å². The Balaban J connectivity index is 2.00. The summed E-state index contributed by atoms with van der Waals surface area (Å²) in [5.41, 5.74) is 4.01. The highest BCUT2D eigenvalue weighted by Crippen LogP contribution is 2.37. The molecule has 0 heterocycles. The molecule has 3 rings (SSSR count). The summed E-state index contributed by atoms with van der Waals surface area (Å²) in [7, 11) is 0. The number of para-hydroxylation sites is 1. The summed E-state index contributed by atoms with van der Waals surface area (Å²) in [6, 6.07) is 21.7. The van der Waals surface area contributed by atoms with Gasteiger partial charge in [0.25, 0.3) is 0 Å². The van der Waals surface area contributed by atoms with Crippen molar-refractivity contribution < 1.29 is 14.3 Å². The lowest BCUT2D eigenvalue weighted by Crippen LogP contribution is -2.34. The van der Waals surface area contributed by atoms with E-state index in [0.29, 0.717) is 0 Å². The number of carbonyl (C=O) groups is 1. The number of anilines is 2. The van der Waals surface area contributed by atoms with E-state index in [9.17, 15) is 4.79 Å². The summed E-state index contributed by atoms with van der Waals surface area (Å²) in [5, 5.41) is 0.